The highest BCUT2D eigenvalue weighted by Crippen LogP contribution is 2.23. The zero-order valence-electron chi connectivity index (χ0n) is 10.4. The van der Waals surface area contributed by atoms with Crippen molar-refractivity contribution in [1.82, 2.24) is 4.90 Å². The predicted molar refractivity (Wildman–Crippen MR) is 70.4 cm³/mol. The summed E-state index contributed by atoms with van der Waals surface area (Å²) in [6, 6.07) is 3.98. The molecule has 0 aromatic heterocycles. The van der Waals surface area contributed by atoms with Crippen molar-refractivity contribution in [3.63, 3.8) is 0 Å². The molecule has 7 heteroatoms. The molecular weight excluding hydrogens is 272 g/mol. The molecule has 0 unspecified atom stereocenters. The third kappa shape index (κ3) is 4.26. The number of benzene rings is 1. The van der Waals surface area contributed by atoms with E-state index in [1.165, 1.54) is 37.1 Å². The Labute approximate surface area is 115 Å². The van der Waals surface area contributed by atoms with Gasteiger partial charge in [0.2, 0.25) is 11.8 Å². The van der Waals surface area contributed by atoms with Crippen molar-refractivity contribution in [2.75, 3.05) is 18.9 Å². The van der Waals surface area contributed by atoms with Gasteiger partial charge in [-0.15, -0.1) is 0 Å². The Morgan fingerprint density at radius 3 is 2.47 bits per heavy atom. The van der Waals surface area contributed by atoms with Gasteiger partial charge in [-0.3, -0.25) is 9.59 Å². The van der Waals surface area contributed by atoms with Crippen LogP contribution in [-0.2, 0) is 9.59 Å². The van der Waals surface area contributed by atoms with Crippen molar-refractivity contribution in [2.45, 2.75) is 6.92 Å². The average Bonchev–Trinajstić information content (AvgIpc) is 2.31. The molecule has 6 nitrogen and oxygen atoms in total. The lowest BCUT2D eigenvalue weighted by Gasteiger charge is -2.14. The summed E-state index contributed by atoms with van der Waals surface area (Å²) in [6.45, 7) is 1.24. The summed E-state index contributed by atoms with van der Waals surface area (Å²) >= 11 is 5.86. The molecule has 102 valence electrons. The molecule has 0 aliphatic carbocycles. The number of hydrogen-bond acceptors (Lipinski definition) is 3. The van der Waals surface area contributed by atoms with E-state index in [4.69, 9.17) is 16.7 Å². The predicted octanol–water partition coefficient (Wildman–Crippen LogP) is 1.45. The molecule has 0 atom stereocenters. The fourth-order valence-corrected chi connectivity index (χ4v) is 1.49. The molecular formula is C12H13ClN2O4. The van der Waals surface area contributed by atoms with Crippen LogP contribution >= 0.6 is 11.6 Å². The maximum atomic E-state index is 11.6. The largest absolute Gasteiger partial charge is 0.478 e. The summed E-state index contributed by atoms with van der Waals surface area (Å²) in [7, 11) is 1.50. The Hall–Kier alpha value is -2.08. The number of hydrogen-bond donors (Lipinski definition) is 2. The molecule has 0 fully saturated rings. The molecule has 2 N–H and O–H groups in total. The van der Waals surface area contributed by atoms with Crippen molar-refractivity contribution in [3.05, 3.63) is 28.8 Å². The number of carboxylic acids is 1. The smallest absolute Gasteiger partial charge is 0.335 e. The lowest BCUT2D eigenvalue weighted by atomic mass is 10.2. The second kappa shape index (κ2) is 6.19. The zero-order chi connectivity index (χ0) is 14.6. The first kappa shape index (κ1) is 15.0. The van der Waals surface area contributed by atoms with Gasteiger partial charge < -0.3 is 15.3 Å². The van der Waals surface area contributed by atoms with E-state index >= 15 is 0 Å². The molecule has 0 aliphatic rings. The van der Waals surface area contributed by atoms with Gasteiger partial charge in [0, 0.05) is 14.0 Å². The van der Waals surface area contributed by atoms with Gasteiger partial charge in [-0.2, -0.15) is 0 Å². The number of nitrogens with zero attached hydrogens (tertiary/aromatic N) is 1. The first-order valence-corrected chi connectivity index (χ1v) is 5.73. The van der Waals surface area contributed by atoms with Gasteiger partial charge in [-0.1, -0.05) is 11.6 Å². The highest BCUT2D eigenvalue weighted by Gasteiger charge is 2.12. The lowest BCUT2D eigenvalue weighted by Crippen LogP contribution is -2.33. The third-order valence-electron chi connectivity index (χ3n) is 2.41. The zero-order valence-corrected chi connectivity index (χ0v) is 11.2. The van der Waals surface area contributed by atoms with Crippen LogP contribution in [0.15, 0.2) is 18.2 Å². The minimum Gasteiger partial charge on any atom is -0.478 e. The Morgan fingerprint density at radius 1 is 1.37 bits per heavy atom. The van der Waals surface area contributed by atoms with E-state index in [1.54, 1.807) is 0 Å². The van der Waals surface area contributed by atoms with E-state index in [9.17, 15) is 14.4 Å². The number of rotatable bonds is 4. The molecule has 0 saturated carbocycles. The van der Waals surface area contributed by atoms with Crippen molar-refractivity contribution in [1.29, 1.82) is 0 Å². The number of aromatic carboxylic acids is 1. The Bertz CT molecular complexity index is 530. The van der Waals surface area contributed by atoms with Gasteiger partial charge in [0.1, 0.15) is 0 Å². The molecule has 0 spiro atoms. The number of carbonyl (C=O) groups excluding carboxylic acids is 2. The van der Waals surface area contributed by atoms with E-state index < -0.39 is 11.9 Å². The maximum absolute atomic E-state index is 11.6. The van der Waals surface area contributed by atoms with Crippen molar-refractivity contribution >= 4 is 35.1 Å². The van der Waals surface area contributed by atoms with Gasteiger partial charge in [-0.05, 0) is 18.2 Å². The third-order valence-corrected chi connectivity index (χ3v) is 2.72. The van der Waals surface area contributed by atoms with Gasteiger partial charge in [-0.25, -0.2) is 4.79 Å². The van der Waals surface area contributed by atoms with Crippen LogP contribution in [-0.4, -0.2) is 41.4 Å². The number of carboxylic acid groups (broad SMARTS) is 1. The highest BCUT2D eigenvalue weighted by atomic mass is 35.5. The van der Waals surface area contributed by atoms with Crippen LogP contribution in [0.2, 0.25) is 5.02 Å². The highest BCUT2D eigenvalue weighted by molar-refractivity contribution is 6.34. The summed E-state index contributed by atoms with van der Waals surface area (Å²) in [6.07, 6.45) is 0. The number of anilines is 1. The van der Waals surface area contributed by atoms with Crippen LogP contribution in [0.25, 0.3) is 0 Å². The van der Waals surface area contributed by atoms with Crippen molar-refractivity contribution < 1.29 is 19.5 Å². The molecule has 1 aromatic carbocycles. The van der Waals surface area contributed by atoms with E-state index in [2.05, 4.69) is 5.32 Å². The molecule has 19 heavy (non-hydrogen) atoms. The Kier molecular flexibility index (Phi) is 4.88. The first-order valence-electron chi connectivity index (χ1n) is 5.35. The summed E-state index contributed by atoms with van der Waals surface area (Å²) in [5, 5.41) is 11.4. The summed E-state index contributed by atoms with van der Waals surface area (Å²) < 4.78 is 0. The average molecular weight is 285 g/mol. The summed E-state index contributed by atoms with van der Waals surface area (Å²) in [5.41, 5.74) is 0.331. The van der Waals surface area contributed by atoms with Crippen LogP contribution in [0.4, 0.5) is 5.69 Å². The van der Waals surface area contributed by atoms with Crippen molar-refractivity contribution in [3.8, 4) is 0 Å². The molecule has 1 aromatic rings. The van der Waals surface area contributed by atoms with Crippen LogP contribution in [0.1, 0.15) is 17.3 Å². The number of nitrogens with one attached hydrogen (secondary N) is 1. The quantitative estimate of drug-likeness (QED) is 0.876. The molecule has 0 aliphatic heterocycles. The minimum atomic E-state index is -1.10. The van der Waals surface area contributed by atoms with Gasteiger partial charge >= 0.3 is 5.97 Å². The standard InChI is InChI=1S/C12H13ClN2O4/c1-7(16)15(2)6-11(17)14-10-4-3-8(12(18)19)5-9(10)13/h3-5H,6H2,1-2H3,(H,14,17)(H,18,19). The maximum Gasteiger partial charge on any atom is 0.335 e. The SMILES string of the molecule is CC(=O)N(C)CC(=O)Nc1ccc(C(=O)O)cc1Cl. The van der Waals surface area contributed by atoms with Crippen LogP contribution in [0.3, 0.4) is 0 Å². The molecule has 2 amide bonds. The molecule has 0 saturated heterocycles. The van der Waals surface area contributed by atoms with Crippen LogP contribution in [0.5, 0.6) is 0 Å². The lowest BCUT2D eigenvalue weighted by molar-refractivity contribution is -0.131. The number of halogens is 1. The fraction of sp³-hybridized carbons (Fsp3) is 0.250. The summed E-state index contributed by atoms with van der Waals surface area (Å²) in [4.78, 5) is 34.6. The van der Waals surface area contributed by atoms with Crippen LogP contribution < -0.4 is 5.32 Å². The topological polar surface area (TPSA) is 86.7 Å². The normalized spacial score (nSPS) is 9.84. The molecule has 0 radical (unpaired) electrons. The molecule has 0 bridgehead atoms. The van der Waals surface area contributed by atoms with Gasteiger partial charge in [0.05, 0.1) is 22.8 Å². The number of carbonyl (C=O) groups is 3. The number of likely N-dealkylation sites (N-methyl/N-ethyl adjacent to an activating group) is 1. The van der Waals surface area contributed by atoms with E-state index in [0.717, 1.165) is 0 Å². The fourth-order valence-electron chi connectivity index (χ4n) is 1.27. The Balaban J connectivity index is 2.75. The van der Waals surface area contributed by atoms with E-state index in [-0.39, 0.29) is 23.0 Å². The minimum absolute atomic E-state index is 0.0313. The van der Waals surface area contributed by atoms with Crippen LogP contribution in [0, 0.1) is 0 Å². The summed E-state index contributed by atoms with van der Waals surface area (Å²) in [5.74, 6) is -1.75. The molecule has 0 heterocycles. The monoisotopic (exact) mass is 284 g/mol. The van der Waals surface area contributed by atoms with Crippen molar-refractivity contribution in [2.24, 2.45) is 0 Å². The van der Waals surface area contributed by atoms with Gasteiger partial charge in [0.25, 0.3) is 0 Å². The second-order valence-electron chi connectivity index (χ2n) is 3.92. The van der Waals surface area contributed by atoms with Gasteiger partial charge in [0.15, 0.2) is 0 Å². The molecule has 1 rings (SSSR count). The number of amides is 2. The Morgan fingerprint density at radius 2 is 2.00 bits per heavy atom. The second-order valence-corrected chi connectivity index (χ2v) is 4.33. The first-order chi connectivity index (χ1) is 8.81. The van der Waals surface area contributed by atoms with E-state index in [1.807, 2.05) is 0 Å². The van der Waals surface area contributed by atoms with E-state index in [0.29, 0.717) is 5.69 Å².